The fraction of sp³-hybridized carbons (Fsp3) is 0.125. The van der Waals surface area contributed by atoms with E-state index in [-0.39, 0.29) is 17.2 Å². The number of nitrogens with zero attached hydrogens (tertiary/aromatic N) is 5. The lowest BCUT2D eigenvalue weighted by molar-refractivity contribution is 0.203. The largest absolute Gasteiger partial charge is 0.465 e. The lowest BCUT2D eigenvalue weighted by Crippen LogP contribution is -2.25. The van der Waals surface area contributed by atoms with Crippen LogP contribution >= 0.6 is 0 Å². The van der Waals surface area contributed by atoms with Crippen molar-refractivity contribution >= 4 is 11.9 Å². The smallest absolute Gasteiger partial charge is 0.412 e. The van der Waals surface area contributed by atoms with Crippen LogP contribution in [-0.2, 0) is 0 Å². The van der Waals surface area contributed by atoms with Gasteiger partial charge in [0.25, 0.3) is 0 Å². The fourth-order valence-corrected chi connectivity index (χ4v) is 0.799. The maximum atomic E-state index is 10.6. The van der Waals surface area contributed by atoms with E-state index >= 15 is 0 Å². The highest BCUT2D eigenvalue weighted by molar-refractivity contribution is 5.83. The Hall–Kier alpha value is -2.67. The predicted octanol–water partition coefficient (Wildman–Crippen LogP) is 0.334. The summed E-state index contributed by atoms with van der Waals surface area (Å²) in [6, 6.07) is 3.34. The topological polar surface area (TPSA) is 114 Å². The van der Waals surface area contributed by atoms with Gasteiger partial charge in [-0.25, -0.2) is 14.8 Å². The summed E-state index contributed by atoms with van der Waals surface area (Å²) < 4.78 is 0. The Morgan fingerprint density at radius 2 is 2.07 bits per heavy atom. The van der Waals surface area contributed by atoms with Crippen LogP contribution in [0.25, 0.3) is 0 Å². The zero-order valence-corrected chi connectivity index (χ0v) is 7.67. The van der Waals surface area contributed by atoms with E-state index in [4.69, 9.17) is 15.6 Å². The highest BCUT2D eigenvalue weighted by Gasteiger charge is 2.13. The lowest BCUT2D eigenvalue weighted by atomic mass is 10.3. The molecule has 0 fully saturated rings. The molecule has 1 aromatic rings. The van der Waals surface area contributed by atoms with Crippen LogP contribution < -0.4 is 4.90 Å². The molecule has 0 radical (unpaired) electrons. The normalized spacial score (nSPS) is 8.73. The van der Waals surface area contributed by atoms with Gasteiger partial charge in [-0.1, -0.05) is 0 Å². The molecule has 1 aromatic heterocycles. The van der Waals surface area contributed by atoms with Crippen LogP contribution in [-0.4, -0.2) is 28.2 Å². The molecule has 1 heterocycles. The van der Waals surface area contributed by atoms with Crippen molar-refractivity contribution in [3.05, 3.63) is 17.6 Å². The van der Waals surface area contributed by atoms with Gasteiger partial charge in [-0.05, 0) is 0 Å². The molecular formula is C8H5N5O2. The first-order valence-corrected chi connectivity index (χ1v) is 3.74. The third-order valence-corrected chi connectivity index (χ3v) is 1.60. The van der Waals surface area contributed by atoms with Crippen LogP contribution in [0.5, 0.6) is 0 Å². The molecule has 1 amide bonds. The van der Waals surface area contributed by atoms with E-state index in [1.165, 1.54) is 7.05 Å². The van der Waals surface area contributed by atoms with Gasteiger partial charge in [0.05, 0.1) is 6.20 Å². The molecule has 7 heteroatoms. The first-order chi connectivity index (χ1) is 7.10. The molecule has 0 bridgehead atoms. The third-order valence-electron chi connectivity index (χ3n) is 1.60. The van der Waals surface area contributed by atoms with E-state index < -0.39 is 6.09 Å². The van der Waals surface area contributed by atoms with Gasteiger partial charge in [0.15, 0.2) is 17.2 Å². The molecule has 1 rings (SSSR count). The highest BCUT2D eigenvalue weighted by atomic mass is 16.4. The van der Waals surface area contributed by atoms with Gasteiger partial charge in [-0.15, -0.1) is 0 Å². The standard InChI is InChI=1S/C8H5N5O2/c1-13(8(14)15)7-4-11-5(2-9)6(3-10)12-7/h4H,1H3,(H,14,15). The summed E-state index contributed by atoms with van der Waals surface area (Å²) in [6.45, 7) is 0. The molecular weight excluding hydrogens is 198 g/mol. The monoisotopic (exact) mass is 203 g/mol. The summed E-state index contributed by atoms with van der Waals surface area (Å²) in [5, 5.41) is 25.8. The Balaban J connectivity index is 3.22. The van der Waals surface area contributed by atoms with Crippen LogP contribution in [0.2, 0.25) is 0 Å². The lowest BCUT2D eigenvalue weighted by Gasteiger charge is -2.10. The van der Waals surface area contributed by atoms with Crippen LogP contribution in [0.3, 0.4) is 0 Å². The maximum absolute atomic E-state index is 10.6. The Bertz CT molecular complexity index is 485. The molecule has 74 valence electrons. The molecule has 0 aliphatic carbocycles. The minimum absolute atomic E-state index is 0.00181. The molecule has 0 aliphatic rings. The van der Waals surface area contributed by atoms with Gasteiger partial charge in [-0.2, -0.15) is 10.5 Å². The van der Waals surface area contributed by atoms with Gasteiger partial charge in [-0.3, -0.25) is 4.90 Å². The first-order valence-electron chi connectivity index (χ1n) is 3.74. The Kier molecular flexibility index (Phi) is 2.79. The van der Waals surface area contributed by atoms with E-state index in [9.17, 15) is 4.79 Å². The minimum Gasteiger partial charge on any atom is -0.465 e. The van der Waals surface area contributed by atoms with Crippen LogP contribution in [0.1, 0.15) is 11.4 Å². The molecule has 7 nitrogen and oxygen atoms in total. The van der Waals surface area contributed by atoms with E-state index in [0.717, 1.165) is 11.1 Å². The third kappa shape index (κ3) is 1.98. The number of aromatic nitrogens is 2. The van der Waals surface area contributed by atoms with Crippen molar-refractivity contribution in [2.24, 2.45) is 0 Å². The molecule has 0 aromatic carbocycles. The van der Waals surface area contributed by atoms with Crippen molar-refractivity contribution in [3.63, 3.8) is 0 Å². The number of nitriles is 2. The quantitative estimate of drug-likeness (QED) is 0.703. The molecule has 0 atom stereocenters. The van der Waals surface area contributed by atoms with Crippen molar-refractivity contribution in [1.29, 1.82) is 10.5 Å². The number of hydrogen-bond acceptors (Lipinski definition) is 5. The van der Waals surface area contributed by atoms with Gasteiger partial charge in [0.2, 0.25) is 0 Å². The number of carbonyl (C=O) groups is 1. The second-order valence-corrected chi connectivity index (χ2v) is 2.49. The molecule has 1 N–H and O–H groups in total. The van der Waals surface area contributed by atoms with Crippen molar-refractivity contribution in [2.45, 2.75) is 0 Å². The van der Waals surface area contributed by atoms with E-state index in [2.05, 4.69) is 9.97 Å². The van der Waals surface area contributed by atoms with Crippen molar-refractivity contribution in [3.8, 4) is 12.1 Å². The van der Waals surface area contributed by atoms with E-state index in [1.54, 1.807) is 12.1 Å². The second-order valence-electron chi connectivity index (χ2n) is 2.49. The zero-order chi connectivity index (χ0) is 11.4. The average molecular weight is 203 g/mol. The number of hydrogen-bond donors (Lipinski definition) is 1. The molecule has 15 heavy (non-hydrogen) atoms. The van der Waals surface area contributed by atoms with Gasteiger partial charge >= 0.3 is 6.09 Å². The number of rotatable bonds is 1. The molecule has 0 saturated carbocycles. The summed E-state index contributed by atoms with van der Waals surface area (Å²) in [4.78, 5) is 18.7. The number of carboxylic acid groups (broad SMARTS) is 1. The van der Waals surface area contributed by atoms with Crippen LogP contribution in [0.15, 0.2) is 6.20 Å². The van der Waals surface area contributed by atoms with Crippen molar-refractivity contribution in [1.82, 2.24) is 9.97 Å². The van der Waals surface area contributed by atoms with Crippen molar-refractivity contribution < 1.29 is 9.90 Å². The van der Waals surface area contributed by atoms with Crippen LogP contribution in [0, 0.1) is 22.7 Å². The fourth-order valence-electron chi connectivity index (χ4n) is 0.799. The van der Waals surface area contributed by atoms with Gasteiger partial charge in [0.1, 0.15) is 12.1 Å². The molecule has 0 aliphatic heterocycles. The Morgan fingerprint density at radius 1 is 1.47 bits per heavy atom. The SMILES string of the molecule is CN(C(=O)O)c1cnc(C#N)c(C#N)n1. The minimum atomic E-state index is -1.22. The Morgan fingerprint density at radius 3 is 2.53 bits per heavy atom. The van der Waals surface area contributed by atoms with Crippen molar-refractivity contribution in [2.75, 3.05) is 11.9 Å². The summed E-state index contributed by atoms with van der Waals surface area (Å²) in [5.41, 5.74) is -0.317. The molecule has 0 saturated heterocycles. The summed E-state index contributed by atoms with van der Waals surface area (Å²) >= 11 is 0. The summed E-state index contributed by atoms with van der Waals surface area (Å²) in [6.07, 6.45) is -0.106. The number of amides is 1. The van der Waals surface area contributed by atoms with E-state index in [1.807, 2.05) is 0 Å². The first kappa shape index (κ1) is 10.4. The van der Waals surface area contributed by atoms with E-state index in [0.29, 0.717) is 0 Å². The van der Waals surface area contributed by atoms with Crippen LogP contribution in [0.4, 0.5) is 10.6 Å². The summed E-state index contributed by atoms with van der Waals surface area (Å²) in [5.74, 6) is -0.00181. The van der Waals surface area contributed by atoms with Gasteiger partial charge in [0, 0.05) is 7.05 Å². The molecule has 0 spiro atoms. The second kappa shape index (κ2) is 4.03. The Labute approximate surface area is 84.8 Å². The maximum Gasteiger partial charge on any atom is 0.412 e. The predicted molar refractivity (Wildman–Crippen MR) is 47.9 cm³/mol. The summed E-state index contributed by atoms with van der Waals surface area (Å²) in [7, 11) is 1.26. The molecule has 0 unspecified atom stereocenters. The zero-order valence-electron chi connectivity index (χ0n) is 7.67. The average Bonchev–Trinajstić information content (AvgIpc) is 2.26. The van der Waals surface area contributed by atoms with Gasteiger partial charge < -0.3 is 5.11 Å². The number of anilines is 1. The highest BCUT2D eigenvalue weighted by Crippen LogP contribution is 2.10.